The van der Waals surface area contributed by atoms with Gasteiger partial charge in [0.25, 0.3) is 0 Å². The number of hydrogen-bond acceptors (Lipinski definition) is 3. The molecule has 0 aliphatic carbocycles. The van der Waals surface area contributed by atoms with Gasteiger partial charge < -0.3 is 15.1 Å². The summed E-state index contributed by atoms with van der Waals surface area (Å²) >= 11 is 0. The van der Waals surface area contributed by atoms with E-state index in [1.165, 1.54) is 12.8 Å². The molecule has 0 aromatic heterocycles. The number of nitrogens with one attached hydrogen (secondary N) is 1. The number of likely N-dealkylation sites (tertiary alicyclic amines) is 2. The average Bonchev–Trinajstić information content (AvgIpc) is 2.55. The third kappa shape index (κ3) is 5.79. The number of carbonyl (C=O) groups excluding carboxylic acids is 2. The van der Waals surface area contributed by atoms with Crippen LogP contribution in [-0.4, -0.2) is 60.9 Å². The summed E-state index contributed by atoms with van der Waals surface area (Å²) in [5.74, 6) is 1.29. The van der Waals surface area contributed by atoms with Gasteiger partial charge in [0.2, 0.25) is 11.8 Å². The van der Waals surface area contributed by atoms with Crippen molar-refractivity contribution in [3.05, 3.63) is 0 Å². The molecule has 2 saturated heterocycles. The highest BCUT2D eigenvalue weighted by molar-refractivity contribution is 5.80. The Bertz CT molecular complexity index is 392. The first kappa shape index (κ1) is 18.2. The molecule has 0 radical (unpaired) electrons. The molecule has 5 nitrogen and oxygen atoms in total. The van der Waals surface area contributed by atoms with Crippen molar-refractivity contribution < 1.29 is 9.59 Å². The quantitative estimate of drug-likeness (QED) is 0.812. The molecular weight excluding hydrogens is 290 g/mol. The van der Waals surface area contributed by atoms with Crippen LogP contribution in [0.25, 0.3) is 0 Å². The van der Waals surface area contributed by atoms with E-state index < -0.39 is 0 Å². The van der Waals surface area contributed by atoms with Crippen molar-refractivity contribution in [3.8, 4) is 0 Å². The number of carbonyl (C=O) groups is 2. The molecule has 0 bridgehead atoms. The predicted octanol–water partition coefficient (Wildman–Crippen LogP) is 1.87. The molecule has 23 heavy (non-hydrogen) atoms. The smallest absolute Gasteiger partial charge is 0.223 e. The van der Waals surface area contributed by atoms with Gasteiger partial charge in [-0.05, 0) is 44.6 Å². The molecule has 0 unspecified atom stereocenters. The Labute approximate surface area is 140 Å². The minimum atomic E-state index is 0.0842. The minimum absolute atomic E-state index is 0.0842. The Morgan fingerprint density at radius 1 is 1.13 bits per heavy atom. The van der Waals surface area contributed by atoms with Crippen molar-refractivity contribution in [2.75, 3.05) is 39.3 Å². The molecule has 0 aromatic rings. The third-order valence-corrected chi connectivity index (χ3v) is 5.15. The summed E-state index contributed by atoms with van der Waals surface area (Å²) in [6.07, 6.45) is 5.75. The van der Waals surface area contributed by atoms with Crippen LogP contribution >= 0.6 is 0 Å². The molecular formula is C18H33N3O2. The standard InChI is InChI=1S/C18H33N3O2/c1-3-5-17(22)21-11-7-16(8-12-21)18(23)19-9-13-20-10-4-6-15(2)14-20/h15-16H,3-14H2,1-2H3,(H,19,23)/t15-/m0/s1. The first-order chi connectivity index (χ1) is 11.1. The van der Waals surface area contributed by atoms with Crippen LogP contribution in [0.4, 0.5) is 0 Å². The molecule has 0 saturated carbocycles. The second-order valence-corrected chi connectivity index (χ2v) is 7.24. The lowest BCUT2D eigenvalue weighted by Crippen LogP contribution is -2.45. The summed E-state index contributed by atoms with van der Waals surface area (Å²) in [7, 11) is 0. The largest absolute Gasteiger partial charge is 0.355 e. The number of amides is 2. The van der Waals surface area contributed by atoms with Gasteiger partial charge in [-0.3, -0.25) is 9.59 Å². The van der Waals surface area contributed by atoms with Crippen molar-refractivity contribution in [1.29, 1.82) is 0 Å². The molecule has 2 heterocycles. The lowest BCUT2D eigenvalue weighted by molar-refractivity contribution is -0.135. The van der Waals surface area contributed by atoms with Gasteiger partial charge in [-0.15, -0.1) is 0 Å². The maximum absolute atomic E-state index is 12.3. The van der Waals surface area contributed by atoms with Crippen LogP contribution in [-0.2, 0) is 9.59 Å². The van der Waals surface area contributed by atoms with Crippen LogP contribution in [0.15, 0.2) is 0 Å². The van der Waals surface area contributed by atoms with E-state index in [1.54, 1.807) is 0 Å². The Hall–Kier alpha value is -1.10. The molecule has 0 spiro atoms. The number of piperidine rings is 2. The summed E-state index contributed by atoms with van der Waals surface area (Å²) in [5.41, 5.74) is 0. The van der Waals surface area contributed by atoms with Crippen molar-refractivity contribution in [2.24, 2.45) is 11.8 Å². The van der Waals surface area contributed by atoms with Crippen LogP contribution in [0.3, 0.4) is 0 Å². The summed E-state index contributed by atoms with van der Waals surface area (Å²) in [4.78, 5) is 28.5. The molecule has 2 amide bonds. The summed E-state index contributed by atoms with van der Waals surface area (Å²) in [5, 5.41) is 3.10. The zero-order valence-electron chi connectivity index (χ0n) is 14.9. The van der Waals surface area contributed by atoms with E-state index in [9.17, 15) is 9.59 Å². The molecule has 2 fully saturated rings. The molecule has 132 valence electrons. The monoisotopic (exact) mass is 323 g/mol. The van der Waals surface area contributed by atoms with Crippen molar-refractivity contribution in [3.63, 3.8) is 0 Å². The summed E-state index contributed by atoms with van der Waals surface area (Å²) < 4.78 is 0. The highest BCUT2D eigenvalue weighted by Gasteiger charge is 2.26. The molecule has 5 heteroatoms. The minimum Gasteiger partial charge on any atom is -0.355 e. The fraction of sp³-hybridized carbons (Fsp3) is 0.889. The Balaban J connectivity index is 1.62. The van der Waals surface area contributed by atoms with Crippen LogP contribution < -0.4 is 5.32 Å². The van der Waals surface area contributed by atoms with E-state index in [0.29, 0.717) is 6.42 Å². The summed E-state index contributed by atoms with van der Waals surface area (Å²) in [6, 6.07) is 0. The van der Waals surface area contributed by atoms with Gasteiger partial charge in [-0.1, -0.05) is 13.8 Å². The van der Waals surface area contributed by atoms with Gasteiger partial charge in [-0.2, -0.15) is 0 Å². The van der Waals surface area contributed by atoms with Gasteiger partial charge in [-0.25, -0.2) is 0 Å². The van der Waals surface area contributed by atoms with E-state index in [1.807, 2.05) is 11.8 Å². The summed E-state index contributed by atoms with van der Waals surface area (Å²) in [6.45, 7) is 9.84. The molecule has 2 aliphatic rings. The van der Waals surface area contributed by atoms with Crippen LogP contribution in [0, 0.1) is 11.8 Å². The van der Waals surface area contributed by atoms with Gasteiger partial charge in [0.15, 0.2) is 0 Å². The van der Waals surface area contributed by atoms with Gasteiger partial charge in [0.1, 0.15) is 0 Å². The topological polar surface area (TPSA) is 52.7 Å². The Morgan fingerprint density at radius 3 is 2.52 bits per heavy atom. The normalized spacial score (nSPS) is 23.7. The van der Waals surface area contributed by atoms with E-state index in [0.717, 1.165) is 64.4 Å². The SMILES string of the molecule is CCCC(=O)N1CCC(C(=O)NCCN2CCC[C@H](C)C2)CC1. The van der Waals surface area contributed by atoms with Crippen LogP contribution in [0.1, 0.15) is 52.4 Å². The molecule has 0 aromatic carbocycles. The number of rotatable bonds is 6. The zero-order valence-corrected chi connectivity index (χ0v) is 14.9. The second-order valence-electron chi connectivity index (χ2n) is 7.24. The van der Waals surface area contributed by atoms with E-state index >= 15 is 0 Å². The lowest BCUT2D eigenvalue weighted by Gasteiger charge is -2.32. The van der Waals surface area contributed by atoms with Gasteiger partial charge in [0.05, 0.1) is 0 Å². The van der Waals surface area contributed by atoms with Crippen molar-refractivity contribution in [1.82, 2.24) is 15.1 Å². The first-order valence-corrected chi connectivity index (χ1v) is 9.38. The molecule has 2 rings (SSSR count). The maximum Gasteiger partial charge on any atom is 0.223 e. The molecule has 2 aliphatic heterocycles. The first-order valence-electron chi connectivity index (χ1n) is 9.38. The van der Waals surface area contributed by atoms with Crippen LogP contribution in [0.5, 0.6) is 0 Å². The van der Waals surface area contributed by atoms with Crippen LogP contribution in [0.2, 0.25) is 0 Å². The van der Waals surface area contributed by atoms with Crippen molar-refractivity contribution >= 4 is 11.8 Å². The highest BCUT2D eigenvalue weighted by Crippen LogP contribution is 2.18. The predicted molar refractivity (Wildman–Crippen MR) is 92.1 cm³/mol. The second kappa shape index (κ2) is 9.26. The highest BCUT2D eigenvalue weighted by atomic mass is 16.2. The third-order valence-electron chi connectivity index (χ3n) is 5.15. The van der Waals surface area contributed by atoms with Gasteiger partial charge >= 0.3 is 0 Å². The fourth-order valence-corrected chi connectivity index (χ4v) is 3.73. The average molecular weight is 323 g/mol. The molecule has 1 N–H and O–H groups in total. The van der Waals surface area contributed by atoms with E-state index in [4.69, 9.17) is 0 Å². The fourth-order valence-electron chi connectivity index (χ4n) is 3.73. The van der Waals surface area contributed by atoms with E-state index in [2.05, 4.69) is 17.1 Å². The maximum atomic E-state index is 12.3. The number of nitrogens with zero attached hydrogens (tertiary/aromatic N) is 2. The van der Waals surface area contributed by atoms with E-state index in [-0.39, 0.29) is 17.7 Å². The Morgan fingerprint density at radius 2 is 1.87 bits per heavy atom. The Kier molecular flexibility index (Phi) is 7.34. The van der Waals surface area contributed by atoms with Gasteiger partial charge in [0, 0.05) is 45.1 Å². The van der Waals surface area contributed by atoms with Crippen molar-refractivity contribution in [2.45, 2.75) is 52.4 Å². The lowest BCUT2D eigenvalue weighted by atomic mass is 9.95. The zero-order chi connectivity index (χ0) is 16.7. The number of hydrogen-bond donors (Lipinski definition) is 1. The molecule has 1 atom stereocenters.